The molecular formula is C13H14FN3O2. The Bertz CT molecular complexity index is 640. The standard InChI is InChI=1S/C13H14FN3O2/c1-19-12-4-5-13(18)17(16-12)8-9-2-3-11(14)10(6-9)7-15/h2-6H,7-8,15H2,1H3. The molecule has 0 aliphatic carbocycles. The van der Waals surface area contributed by atoms with Crippen LogP contribution in [0.4, 0.5) is 4.39 Å². The van der Waals surface area contributed by atoms with Crippen molar-refractivity contribution in [2.75, 3.05) is 7.11 Å². The van der Waals surface area contributed by atoms with E-state index in [-0.39, 0.29) is 24.5 Å². The molecular weight excluding hydrogens is 249 g/mol. The van der Waals surface area contributed by atoms with Crippen molar-refractivity contribution in [3.63, 3.8) is 0 Å². The first-order chi connectivity index (χ1) is 9.13. The van der Waals surface area contributed by atoms with Crippen LogP contribution in [0.15, 0.2) is 35.1 Å². The summed E-state index contributed by atoms with van der Waals surface area (Å²) in [4.78, 5) is 11.7. The highest BCUT2D eigenvalue weighted by Crippen LogP contribution is 2.11. The van der Waals surface area contributed by atoms with E-state index in [1.807, 2.05) is 0 Å². The maximum absolute atomic E-state index is 13.3. The van der Waals surface area contributed by atoms with Gasteiger partial charge in [0.2, 0.25) is 5.88 Å². The van der Waals surface area contributed by atoms with Gasteiger partial charge in [-0.3, -0.25) is 4.79 Å². The Labute approximate surface area is 109 Å². The molecule has 0 spiro atoms. The molecule has 19 heavy (non-hydrogen) atoms. The van der Waals surface area contributed by atoms with E-state index in [4.69, 9.17) is 10.5 Å². The van der Waals surface area contributed by atoms with Crippen LogP contribution in [0.25, 0.3) is 0 Å². The quantitative estimate of drug-likeness (QED) is 0.889. The second-order valence-corrected chi connectivity index (χ2v) is 4.00. The number of hydrogen-bond acceptors (Lipinski definition) is 4. The van der Waals surface area contributed by atoms with E-state index in [1.165, 1.54) is 30.0 Å². The highest BCUT2D eigenvalue weighted by Gasteiger charge is 2.05. The van der Waals surface area contributed by atoms with E-state index in [0.717, 1.165) is 5.56 Å². The molecule has 2 rings (SSSR count). The molecule has 1 aromatic carbocycles. The summed E-state index contributed by atoms with van der Waals surface area (Å²) < 4.78 is 19.5. The van der Waals surface area contributed by atoms with E-state index in [2.05, 4.69) is 5.10 Å². The number of ether oxygens (including phenoxy) is 1. The van der Waals surface area contributed by atoms with Gasteiger partial charge >= 0.3 is 0 Å². The third-order valence-corrected chi connectivity index (χ3v) is 2.71. The number of halogens is 1. The minimum absolute atomic E-state index is 0.111. The lowest BCUT2D eigenvalue weighted by Gasteiger charge is -2.08. The van der Waals surface area contributed by atoms with Gasteiger partial charge in [0.1, 0.15) is 5.82 Å². The highest BCUT2D eigenvalue weighted by atomic mass is 19.1. The van der Waals surface area contributed by atoms with Gasteiger partial charge in [-0.15, -0.1) is 5.10 Å². The smallest absolute Gasteiger partial charge is 0.267 e. The molecule has 2 N–H and O–H groups in total. The van der Waals surface area contributed by atoms with E-state index >= 15 is 0 Å². The molecule has 100 valence electrons. The fourth-order valence-electron chi connectivity index (χ4n) is 1.71. The van der Waals surface area contributed by atoms with Crippen LogP contribution in [0.2, 0.25) is 0 Å². The van der Waals surface area contributed by atoms with E-state index < -0.39 is 0 Å². The van der Waals surface area contributed by atoms with Crippen LogP contribution in [-0.2, 0) is 13.1 Å². The molecule has 0 fully saturated rings. The summed E-state index contributed by atoms with van der Waals surface area (Å²) in [6, 6.07) is 7.43. The van der Waals surface area contributed by atoms with Gasteiger partial charge in [-0.05, 0) is 17.7 Å². The van der Waals surface area contributed by atoms with Crippen LogP contribution >= 0.6 is 0 Å². The first-order valence-electron chi connectivity index (χ1n) is 5.73. The number of nitrogens with zero attached hydrogens (tertiary/aromatic N) is 2. The summed E-state index contributed by atoms with van der Waals surface area (Å²) in [6.45, 7) is 0.351. The van der Waals surface area contributed by atoms with Gasteiger partial charge in [-0.1, -0.05) is 6.07 Å². The van der Waals surface area contributed by atoms with Gasteiger partial charge in [-0.25, -0.2) is 9.07 Å². The Hall–Kier alpha value is -2.21. The van der Waals surface area contributed by atoms with Gasteiger partial charge in [0.25, 0.3) is 5.56 Å². The second kappa shape index (κ2) is 5.62. The second-order valence-electron chi connectivity index (χ2n) is 4.00. The molecule has 0 atom stereocenters. The molecule has 0 aliphatic heterocycles. The average molecular weight is 263 g/mol. The molecule has 0 aliphatic rings. The predicted molar refractivity (Wildman–Crippen MR) is 68.4 cm³/mol. The van der Waals surface area contributed by atoms with E-state index in [1.54, 1.807) is 12.1 Å². The zero-order valence-electron chi connectivity index (χ0n) is 10.5. The maximum Gasteiger partial charge on any atom is 0.267 e. The molecule has 6 heteroatoms. The number of methoxy groups -OCH3 is 1. The lowest BCUT2D eigenvalue weighted by Crippen LogP contribution is -2.22. The SMILES string of the molecule is COc1ccc(=O)n(Cc2ccc(F)c(CN)c2)n1. The molecule has 0 radical (unpaired) electrons. The molecule has 0 saturated heterocycles. The number of nitrogens with two attached hydrogens (primary N) is 1. The van der Waals surface area contributed by atoms with Crippen LogP contribution in [0.5, 0.6) is 5.88 Å². The van der Waals surface area contributed by atoms with Gasteiger partial charge < -0.3 is 10.5 Å². The largest absolute Gasteiger partial charge is 0.480 e. The molecule has 0 bridgehead atoms. The minimum Gasteiger partial charge on any atom is -0.480 e. The third-order valence-electron chi connectivity index (χ3n) is 2.71. The fraction of sp³-hybridized carbons (Fsp3) is 0.231. The zero-order valence-corrected chi connectivity index (χ0v) is 10.5. The van der Waals surface area contributed by atoms with Crippen LogP contribution in [0.3, 0.4) is 0 Å². The topological polar surface area (TPSA) is 70.1 Å². The fourth-order valence-corrected chi connectivity index (χ4v) is 1.71. The summed E-state index contributed by atoms with van der Waals surface area (Å²) in [5.74, 6) is -0.00189. The average Bonchev–Trinajstić information content (AvgIpc) is 2.43. The number of aromatic nitrogens is 2. The Balaban J connectivity index is 2.33. The number of rotatable bonds is 4. The normalized spacial score (nSPS) is 10.5. The van der Waals surface area contributed by atoms with Crippen LogP contribution < -0.4 is 16.0 Å². The van der Waals surface area contributed by atoms with Crippen LogP contribution in [0, 0.1) is 5.82 Å². The molecule has 1 aromatic heterocycles. The minimum atomic E-state index is -0.350. The highest BCUT2D eigenvalue weighted by molar-refractivity contribution is 5.25. The Kier molecular flexibility index (Phi) is 3.91. The first-order valence-corrected chi connectivity index (χ1v) is 5.73. The number of hydrogen-bond donors (Lipinski definition) is 1. The summed E-state index contributed by atoms with van der Waals surface area (Å²) >= 11 is 0. The third kappa shape index (κ3) is 2.97. The Morgan fingerprint density at radius 1 is 1.37 bits per heavy atom. The van der Waals surface area contributed by atoms with Crippen molar-refractivity contribution < 1.29 is 9.13 Å². The van der Waals surface area contributed by atoms with E-state index in [9.17, 15) is 9.18 Å². The van der Waals surface area contributed by atoms with Crippen molar-refractivity contribution in [3.05, 3.63) is 57.6 Å². The predicted octanol–water partition coefficient (Wildman–Crippen LogP) is 0.898. The van der Waals surface area contributed by atoms with Crippen molar-refractivity contribution in [3.8, 4) is 5.88 Å². The van der Waals surface area contributed by atoms with Crippen molar-refractivity contribution in [2.24, 2.45) is 5.73 Å². The van der Waals surface area contributed by atoms with Gasteiger partial charge in [-0.2, -0.15) is 0 Å². The zero-order chi connectivity index (χ0) is 13.8. The lowest BCUT2D eigenvalue weighted by atomic mass is 10.1. The molecule has 0 amide bonds. The summed E-state index contributed by atoms with van der Waals surface area (Å²) in [5.41, 5.74) is 6.36. The van der Waals surface area contributed by atoms with Gasteiger partial charge in [0.05, 0.1) is 13.7 Å². The van der Waals surface area contributed by atoms with Crippen molar-refractivity contribution in [2.45, 2.75) is 13.1 Å². The van der Waals surface area contributed by atoms with Crippen LogP contribution in [-0.4, -0.2) is 16.9 Å². The molecule has 5 nitrogen and oxygen atoms in total. The molecule has 1 heterocycles. The van der Waals surface area contributed by atoms with E-state index in [0.29, 0.717) is 11.4 Å². The first kappa shape index (κ1) is 13.2. The Morgan fingerprint density at radius 2 is 2.16 bits per heavy atom. The number of benzene rings is 1. The van der Waals surface area contributed by atoms with Crippen LogP contribution in [0.1, 0.15) is 11.1 Å². The van der Waals surface area contributed by atoms with Crippen molar-refractivity contribution in [1.82, 2.24) is 9.78 Å². The summed E-state index contributed by atoms with van der Waals surface area (Å²) in [6.07, 6.45) is 0. The van der Waals surface area contributed by atoms with Crippen molar-refractivity contribution >= 4 is 0 Å². The van der Waals surface area contributed by atoms with Gasteiger partial charge in [0.15, 0.2) is 0 Å². The molecule has 0 unspecified atom stereocenters. The summed E-state index contributed by atoms with van der Waals surface area (Å²) in [5, 5.41) is 4.02. The van der Waals surface area contributed by atoms with Crippen molar-refractivity contribution in [1.29, 1.82) is 0 Å². The summed E-state index contributed by atoms with van der Waals surface area (Å²) in [7, 11) is 1.47. The van der Waals surface area contributed by atoms with Gasteiger partial charge in [0, 0.05) is 24.2 Å². The lowest BCUT2D eigenvalue weighted by molar-refractivity contribution is 0.379. The maximum atomic E-state index is 13.3. The molecule has 0 saturated carbocycles. The molecule has 2 aromatic rings. The Morgan fingerprint density at radius 3 is 2.84 bits per heavy atom. The monoisotopic (exact) mass is 263 g/mol.